The van der Waals surface area contributed by atoms with Crippen molar-refractivity contribution in [3.05, 3.63) is 12.4 Å². The SMILES string of the molecule is COC1CCCCC1n1cc(N)cn1. The number of methoxy groups -OCH3 is 1. The van der Waals surface area contributed by atoms with Crippen LogP contribution in [-0.4, -0.2) is 23.0 Å². The third-order valence-corrected chi connectivity index (χ3v) is 2.93. The zero-order valence-electron chi connectivity index (χ0n) is 8.52. The first kappa shape index (κ1) is 9.52. The fraction of sp³-hybridized carbons (Fsp3) is 0.700. The van der Waals surface area contributed by atoms with Crippen LogP contribution in [0.5, 0.6) is 0 Å². The molecule has 0 saturated heterocycles. The van der Waals surface area contributed by atoms with E-state index in [1.807, 2.05) is 10.9 Å². The van der Waals surface area contributed by atoms with Gasteiger partial charge in [0.05, 0.1) is 24.0 Å². The normalized spacial score (nSPS) is 27.8. The van der Waals surface area contributed by atoms with Crippen LogP contribution in [0.1, 0.15) is 31.7 Å². The standard InChI is InChI=1S/C10H17N3O/c1-14-10-5-3-2-4-9(10)13-7-8(11)6-12-13/h6-7,9-10H,2-5,11H2,1H3. The quantitative estimate of drug-likeness (QED) is 0.779. The van der Waals surface area contributed by atoms with Crippen LogP contribution in [0.2, 0.25) is 0 Å². The summed E-state index contributed by atoms with van der Waals surface area (Å²) in [4.78, 5) is 0. The Morgan fingerprint density at radius 1 is 1.50 bits per heavy atom. The molecular weight excluding hydrogens is 178 g/mol. The lowest BCUT2D eigenvalue weighted by Crippen LogP contribution is -2.29. The lowest BCUT2D eigenvalue weighted by Gasteiger charge is -2.30. The lowest BCUT2D eigenvalue weighted by molar-refractivity contribution is 0.0246. The molecule has 1 aromatic heterocycles. The number of nitrogens with two attached hydrogens (primary N) is 1. The van der Waals surface area contributed by atoms with Gasteiger partial charge in [-0.2, -0.15) is 5.10 Å². The second-order valence-corrected chi connectivity index (χ2v) is 3.88. The molecule has 14 heavy (non-hydrogen) atoms. The molecular formula is C10H17N3O. The van der Waals surface area contributed by atoms with Crippen molar-refractivity contribution in [3.8, 4) is 0 Å². The van der Waals surface area contributed by atoms with Crippen LogP contribution in [0.15, 0.2) is 12.4 Å². The van der Waals surface area contributed by atoms with Crippen LogP contribution in [0.4, 0.5) is 5.69 Å². The number of rotatable bonds is 2. The molecule has 4 nitrogen and oxygen atoms in total. The average molecular weight is 195 g/mol. The molecule has 1 aliphatic carbocycles. The minimum atomic E-state index is 0.294. The molecule has 4 heteroatoms. The smallest absolute Gasteiger partial charge is 0.0795 e. The summed E-state index contributed by atoms with van der Waals surface area (Å²) in [6.07, 6.45) is 8.66. The minimum absolute atomic E-state index is 0.294. The number of ether oxygens (including phenoxy) is 1. The summed E-state index contributed by atoms with van der Waals surface area (Å²) >= 11 is 0. The first-order valence-electron chi connectivity index (χ1n) is 5.13. The van der Waals surface area contributed by atoms with Gasteiger partial charge in [-0.25, -0.2) is 0 Å². The topological polar surface area (TPSA) is 53.1 Å². The number of aromatic nitrogens is 2. The highest BCUT2D eigenvalue weighted by Crippen LogP contribution is 2.30. The molecule has 0 aliphatic heterocycles. The second-order valence-electron chi connectivity index (χ2n) is 3.88. The predicted octanol–water partition coefficient (Wildman–Crippen LogP) is 1.60. The van der Waals surface area contributed by atoms with E-state index in [1.54, 1.807) is 13.3 Å². The molecule has 2 atom stereocenters. The maximum absolute atomic E-state index is 5.65. The van der Waals surface area contributed by atoms with Crippen LogP contribution in [0.3, 0.4) is 0 Å². The number of hydrogen-bond acceptors (Lipinski definition) is 3. The second kappa shape index (κ2) is 4.00. The highest BCUT2D eigenvalue weighted by molar-refractivity contribution is 5.30. The minimum Gasteiger partial charge on any atom is -0.396 e. The maximum Gasteiger partial charge on any atom is 0.0795 e. The largest absolute Gasteiger partial charge is 0.396 e. The Kier molecular flexibility index (Phi) is 2.72. The van der Waals surface area contributed by atoms with Crippen molar-refractivity contribution in [2.45, 2.75) is 37.8 Å². The Morgan fingerprint density at radius 2 is 2.29 bits per heavy atom. The molecule has 1 saturated carbocycles. The van der Waals surface area contributed by atoms with Gasteiger partial charge in [0.1, 0.15) is 0 Å². The van der Waals surface area contributed by atoms with E-state index in [4.69, 9.17) is 10.5 Å². The van der Waals surface area contributed by atoms with Crippen molar-refractivity contribution in [2.24, 2.45) is 0 Å². The van der Waals surface area contributed by atoms with E-state index >= 15 is 0 Å². The van der Waals surface area contributed by atoms with Crippen LogP contribution >= 0.6 is 0 Å². The Balaban J connectivity index is 2.14. The van der Waals surface area contributed by atoms with Gasteiger partial charge < -0.3 is 10.5 Å². The zero-order chi connectivity index (χ0) is 9.97. The Bertz CT molecular complexity index is 297. The summed E-state index contributed by atoms with van der Waals surface area (Å²) < 4.78 is 7.41. The van der Waals surface area contributed by atoms with Gasteiger partial charge in [-0.05, 0) is 12.8 Å². The molecule has 0 spiro atoms. The molecule has 1 heterocycles. The van der Waals surface area contributed by atoms with Crippen molar-refractivity contribution < 1.29 is 4.74 Å². The van der Waals surface area contributed by atoms with E-state index in [0.29, 0.717) is 12.1 Å². The van der Waals surface area contributed by atoms with Crippen LogP contribution in [-0.2, 0) is 4.74 Å². The number of nitrogens with zero attached hydrogens (tertiary/aromatic N) is 2. The monoisotopic (exact) mass is 195 g/mol. The van der Waals surface area contributed by atoms with Gasteiger partial charge in [0.25, 0.3) is 0 Å². The third-order valence-electron chi connectivity index (χ3n) is 2.93. The van der Waals surface area contributed by atoms with Gasteiger partial charge in [0.2, 0.25) is 0 Å². The molecule has 2 rings (SSSR count). The van der Waals surface area contributed by atoms with Crippen molar-refractivity contribution in [2.75, 3.05) is 12.8 Å². The molecule has 2 N–H and O–H groups in total. The molecule has 0 aromatic carbocycles. The van der Waals surface area contributed by atoms with Crippen molar-refractivity contribution >= 4 is 5.69 Å². The van der Waals surface area contributed by atoms with Crippen LogP contribution in [0.25, 0.3) is 0 Å². The highest BCUT2D eigenvalue weighted by atomic mass is 16.5. The van der Waals surface area contributed by atoms with E-state index in [2.05, 4.69) is 5.10 Å². The Morgan fingerprint density at radius 3 is 2.93 bits per heavy atom. The van der Waals surface area contributed by atoms with Gasteiger partial charge in [0, 0.05) is 13.3 Å². The highest BCUT2D eigenvalue weighted by Gasteiger charge is 2.26. The van der Waals surface area contributed by atoms with Gasteiger partial charge in [0.15, 0.2) is 0 Å². The van der Waals surface area contributed by atoms with Gasteiger partial charge in [-0.3, -0.25) is 4.68 Å². The van der Waals surface area contributed by atoms with E-state index in [9.17, 15) is 0 Å². The summed E-state index contributed by atoms with van der Waals surface area (Å²) in [7, 11) is 1.77. The third kappa shape index (κ3) is 1.75. The van der Waals surface area contributed by atoms with Crippen molar-refractivity contribution in [1.29, 1.82) is 0 Å². The molecule has 0 amide bonds. The molecule has 1 fully saturated rings. The number of hydrogen-bond donors (Lipinski definition) is 1. The molecule has 1 aromatic rings. The molecule has 0 radical (unpaired) electrons. The Labute approximate surface area is 84.0 Å². The molecule has 0 bridgehead atoms. The van der Waals surface area contributed by atoms with Gasteiger partial charge in [-0.1, -0.05) is 12.8 Å². The van der Waals surface area contributed by atoms with Crippen LogP contribution < -0.4 is 5.73 Å². The molecule has 78 valence electrons. The number of anilines is 1. The first-order chi connectivity index (χ1) is 6.81. The predicted molar refractivity (Wildman–Crippen MR) is 54.9 cm³/mol. The maximum atomic E-state index is 5.65. The van der Waals surface area contributed by atoms with Crippen LogP contribution in [0, 0.1) is 0 Å². The average Bonchev–Trinajstić information content (AvgIpc) is 2.65. The summed E-state index contributed by atoms with van der Waals surface area (Å²) in [6, 6.07) is 0.367. The van der Waals surface area contributed by atoms with E-state index < -0.39 is 0 Å². The van der Waals surface area contributed by atoms with Crippen molar-refractivity contribution in [3.63, 3.8) is 0 Å². The fourth-order valence-corrected chi connectivity index (χ4v) is 2.19. The number of nitrogen functional groups attached to an aromatic ring is 1. The molecule has 2 unspecified atom stereocenters. The van der Waals surface area contributed by atoms with E-state index in [0.717, 1.165) is 18.5 Å². The Hall–Kier alpha value is -1.03. The van der Waals surface area contributed by atoms with E-state index in [1.165, 1.54) is 12.8 Å². The summed E-state index contributed by atoms with van der Waals surface area (Å²) in [5.74, 6) is 0. The van der Waals surface area contributed by atoms with Crippen molar-refractivity contribution in [1.82, 2.24) is 9.78 Å². The van der Waals surface area contributed by atoms with Gasteiger partial charge >= 0.3 is 0 Å². The zero-order valence-corrected chi connectivity index (χ0v) is 8.52. The lowest BCUT2D eigenvalue weighted by atomic mass is 9.92. The fourth-order valence-electron chi connectivity index (χ4n) is 2.19. The van der Waals surface area contributed by atoms with E-state index in [-0.39, 0.29) is 0 Å². The molecule has 1 aliphatic rings. The summed E-state index contributed by atoms with van der Waals surface area (Å²) in [5, 5.41) is 4.25. The van der Waals surface area contributed by atoms with Gasteiger partial charge in [-0.15, -0.1) is 0 Å². The summed E-state index contributed by atoms with van der Waals surface area (Å²) in [5.41, 5.74) is 6.38. The summed E-state index contributed by atoms with van der Waals surface area (Å²) in [6.45, 7) is 0. The first-order valence-corrected chi connectivity index (χ1v) is 5.13.